The molecule has 0 aliphatic heterocycles. The lowest BCUT2D eigenvalue weighted by Crippen LogP contribution is -2.36. The highest BCUT2D eigenvalue weighted by atomic mass is 32.1. The van der Waals surface area contributed by atoms with Gasteiger partial charge in [0.25, 0.3) is 0 Å². The number of ether oxygens (including phenoxy) is 2. The molecule has 0 saturated carbocycles. The van der Waals surface area contributed by atoms with Gasteiger partial charge < -0.3 is 14.8 Å². The predicted octanol–water partition coefficient (Wildman–Crippen LogP) is 4.82. The van der Waals surface area contributed by atoms with Crippen LogP contribution in [0.5, 0.6) is 11.5 Å². The summed E-state index contributed by atoms with van der Waals surface area (Å²) in [5.41, 5.74) is -0.0277. The molecule has 0 aliphatic carbocycles. The van der Waals surface area contributed by atoms with Gasteiger partial charge in [-0.3, -0.25) is 4.79 Å². The highest BCUT2D eigenvalue weighted by molar-refractivity contribution is 7.10. The van der Waals surface area contributed by atoms with Crippen LogP contribution in [-0.2, 0) is 4.79 Å². The molecule has 2 aromatic rings. The van der Waals surface area contributed by atoms with Gasteiger partial charge in [-0.1, -0.05) is 26.8 Å². The van der Waals surface area contributed by atoms with E-state index in [0.29, 0.717) is 19.4 Å². The molecule has 0 bridgehead atoms. The minimum atomic E-state index is -0.0277. The summed E-state index contributed by atoms with van der Waals surface area (Å²) in [7, 11) is 1.63. The summed E-state index contributed by atoms with van der Waals surface area (Å²) in [6.45, 7) is 6.94. The zero-order valence-corrected chi connectivity index (χ0v) is 16.2. The predicted molar refractivity (Wildman–Crippen MR) is 102 cm³/mol. The summed E-state index contributed by atoms with van der Waals surface area (Å²) in [4.78, 5) is 13.5. The minimum Gasteiger partial charge on any atom is -0.497 e. The molecule has 1 unspecified atom stereocenters. The van der Waals surface area contributed by atoms with Crippen molar-refractivity contribution in [3.05, 3.63) is 46.7 Å². The molecule has 0 saturated heterocycles. The summed E-state index contributed by atoms with van der Waals surface area (Å²) in [5.74, 6) is 1.65. The molecule has 136 valence electrons. The third-order valence-electron chi connectivity index (χ3n) is 3.88. The molecule has 1 aromatic carbocycles. The molecule has 0 fully saturated rings. The smallest absolute Gasteiger partial charge is 0.220 e. The largest absolute Gasteiger partial charge is 0.497 e. The molecule has 1 aromatic heterocycles. The van der Waals surface area contributed by atoms with Crippen LogP contribution in [0.2, 0.25) is 0 Å². The highest BCUT2D eigenvalue weighted by Gasteiger charge is 2.28. The standard InChI is InChI=1S/C20H27NO3S/c1-20(2,3)19(17-7-6-14-25-17)21-18(22)8-5-13-24-16-11-9-15(23-4)10-12-16/h6-7,9-12,14,19H,5,8,13H2,1-4H3,(H,21,22). The highest BCUT2D eigenvalue weighted by Crippen LogP contribution is 2.35. The maximum absolute atomic E-state index is 12.3. The van der Waals surface area contributed by atoms with E-state index in [9.17, 15) is 4.79 Å². The SMILES string of the molecule is COc1ccc(OCCCC(=O)NC(c2cccs2)C(C)(C)C)cc1. The van der Waals surface area contributed by atoms with Crippen molar-refractivity contribution in [1.82, 2.24) is 5.32 Å². The van der Waals surface area contributed by atoms with Crippen LogP contribution in [0.1, 0.15) is 44.5 Å². The van der Waals surface area contributed by atoms with E-state index in [4.69, 9.17) is 9.47 Å². The van der Waals surface area contributed by atoms with Gasteiger partial charge in [-0.2, -0.15) is 0 Å². The van der Waals surface area contributed by atoms with E-state index in [2.05, 4.69) is 32.2 Å². The van der Waals surface area contributed by atoms with Crippen molar-refractivity contribution in [2.24, 2.45) is 5.41 Å². The van der Waals surface area contributed by atoms with Crippen molar-refractivity contribution >= 4 is 17.2 Å². The Morgan fingerprint density at radius 1 is 1.16 bits per heavy atom. The lowest BCUT2D eigenvalue weighted by Gasteiger charge is -2.30. The van der Waals surface area contributed by atoms with Crippen LogP contribution in [0.15, 0.2) is 41.8 Å². The fourth-order valence-electron chi connectivity index (χ4n) is 2.50. The molecule has 5 heteroatoms. The van der Waals surface area contributed by atoms with E-state index in [1.165, 1.54) is 4.88 Å². The third kappa shape index (κ3) is 6.09. The Bertz CT molecular complexity index is 645. The van der Waals surface area contributed by atoms with E-state index in [1.54, 1.807) is 18.4 Å². The molecule has 0 radical (unpaired) electrons. The maximum Gasteiger partial charge on any atom is 0.220 e. The zero-order valence-electron chi connectivity index (χ0n) is 15.4. The first kappa shape index (κ1) is 19.3. The van der Waals surface area contributed by atoms with E-state index in [-0.39, 0.29) is 17.4 Å². The molecular formula is C20H27NO3S. The van der Waals surface area contributed by atoms with Crippen molar-refractivity contribution in [3.63, 3.8) is 0 Å². The van der Waals surface area contributed by atoms with E-state index < -0.39 is 0 Å². The van der Waals surface area contributed by atoms with Gasteiger partial charge in [0.1, 0.15) is 11.5 Å². The summed E-state index contributed by atoms with van der Waals surface area (Å²) in [6.07, 6.45) is 1.13. The van der Waals surface area contributed by atoms with Gasteiger partial charge in [-0.25, -0.2) is 0 Å². The van der Waals surface area contributed by atoms with Crippen LogP contribution >= 0.6 is 11.3 Å². The Morgan fingerprint density at radius 2 is 1.84 bits per heavy atom. The van der Waals surface area contributed by atoms with Gasteiger partial charge in [0, 0.05) is 11.3 Å². The number of thiophene rings is 1. The first-order valence-corrected chi connectivity index (χ1v) is 9.38. The Kier molecular flexibility index (Phi) is 6.88. The molecule has 1 amide bonds. The number of methoxy groups -OCH3 is 1. The van der Waals surface area contributed by atoms with Gasteiger partial charge in [0.05, 0.1) is 19.8 Å². The van der Waals surface area contributed by atoms with Crippen molar-refractivity contribution < 1.29 is 14.3 Å². The fraction of sp³-hybridized carbons (Fsp3) is 0.450. The number of hydrogen-bond acceptors (Lipinski definition) is 4. The van der Waals surface area contributed by atoms with E-state index in [0.717, 1.165) is 11.5 Å². The second kappa shape index (κ2) is 8.90. The average Bonchev–Trinajstić information content (AvgIpc) is 3.10. The molecule has 0 aliphatic rings. The Morgan fingerprint density at radius 3 is 2.40 bits per heavy atom. The normalized spacial score (nSPS) is 12.5. The third-order valence-corrected chi connectivity index (χ3v) is 4.81. The number of amides is 1. The van der Waals surface area contributed by atoms with Gasteiger partial charge in [0.2, 0.25) is 5.91 Å². The summed E-state index contributed by atoms with van der Waals surface area (Å²) < 4.78 is 10.8. The summed E-state index contributed by atoms with van der Waals surface area (Å²) in [6, 6.07) is 11.6. The monoisotopic (exact) mass is 361 g/mol. The van der Waals surface area contributed by atoms with Crippen molar-refractivity contribution in [3.8, 4) is 11.5 Å². The molecule has 1 atom stereocenters. The van der Waals surface area contributed by atoms with Gasteiger partial charge in [0.15, 0.2) is 0 Å². The molecule has 4 nitrogen and oxygen atoms in total. The Labute approximate surface area is 154 Å². The lowest BCUT2D eigenvalue weighted by atomic mass is 9.85. The van der Waals surface area contributed by atoms with Crippen LogP contribution in [0.3, 0.4) is 0 Å². The minimum absolute atomic E-state index is 0.0277. The molecule has 1 N–H and O–H groups in total. The van der Waals surface area contributed by atoms with Crippen LogP contribution in [0, 0.1) is 5.41 Å². The Hall–Kier alpha value is -2.01. The summed E-state index contributed by atoms with van der Waals surface area (Å²) in [5, 5.41) is 5.22. The number of carbonyl (C=O) groups is 1. The first-order valence-electron chi connectivity index (χ1n) is 8.50. The molecule has 25 heavy (non-hydrogen) atoms. The summed E-state index contributed by atoms with van der Waals surface area (Å²) >= 11 is 1.68. The number of hydrogen-bond donors (Lipinski definition) is 1. The topological polar surface area (TPSA) is 47.6 Å². The number of rotatable bonds is 8. The van der Waals surface area contributed by atoms with Crippen LogP contribution < -0.4 is 14.8 Å². The average molecular weight is 362 g/mol. The fourth-order valence-corrected chi connectivity index (χ4v) is 3.52. The second-order valence-electron chi connectivity index (χ2n) is 7.01. The number of carbonyl (C=O) groups excluding carboxylic acids is 1. The quantitative estimate of drug-likeness (QED) is 0.686. The number of nitrogens with one attached hydrogen (secondary N) is 1. The second-order valence-corrected chi connectivity index (χ2v) is 7.99. The maximum atomic E-state index is 12.3. The van der Waals surface area contributed by atoms with Gasteiger partial charge in [-0.05, 0) is 47.5 Å². The zero-order chi connectivity index (χ0) is 18.3. The molecular weight excluding hydrogens is 334 g/mol. The number of benzene rings is 1. The van der Waals surface area contributed by atoms with Crippen LogP contribution in [-0.4, -0.2) is 19.6 Å². The van der Waals surface area contributed by atoms with E-state index >= 15 is 0 Å². The Balaban J connectivity index is 1.77. The molecule has 1 heterocycles. The molecule has 2 rings (SSSR count). The van der Waals surface area contributed by atoms with Crippen molar-refractivity contribution in [1.29, 1.82) is 0 Å². The van der Waals surface area contributed by atoms with Crippen molar-refractivity contribution in [2.75, 3.05) is 13.7 Å². The van der Waals surface area contributed by atoms with Gasteiger partial charge >= 0.3 is 0 Å². The van der Waals surface area contributed by atoms with E-state index in [1.807, 2.05) is 35.7 Å². The van der Waals surface area contributed by atoms with Crippen molar-refractivity contribution in [2.45, 2.75) is 39.7 Å². The lowest BCUT2D eigenvalue weighted by molar-refractivity contribution is -0.122. The molecule has 0 spiro atoms. The first-order chi connectivity index (χ1) is 11.9. The van der Waals surface area contributed by atoms with Crippen LogP contribution in [0.4, 0.5) is 0 Å². The van der Waals surface area contributed by atoms with Crippen LogP contribution in [0.25, 0.3) is 0 Å². The van der Waals surface area contributed by atoms with Gasteiger partial charge in [-0.15, -0.1) is 11.3 Å².